The molecule has 0 fully saturated rings. The highest BCUT2D eigenvalue weighted by Crippen LogP contribution is 2.13. The second-order valence-electron chi connectivity index (χ2n) is 7.25. The maximum atomic E-state index is 11.5. The number of carbonyl (C=O) groups is 2. The number of benzene rings is 1. The zero-order valence-electron chi connectivity index (χ0n) is 14.9. The first-order valence-corrected chi connectivity index (χ1v) is 7.53. The third-order valence-electron chi connectivity index (χ3n) is 2.89. The van der Waals surface area contributed by atoms with E-state index < -0.39 is 0 Å². The topological polar surface area (TPSA) is 58.2 Å². The van der Waals surface area contributed by atoms with E-state index in [1.54, 1.807) is 7.05 Å². The summed E-state index contributed by atoms with van der Waals surface area (Å²) in [5.74, 6) is 0.166. The van der Waals surface area contributed by atoms with Gasteiger partial charge in [0.25, 0.3) is 0 Å². The van der Waals surface area contributed by atoms with Gasteiger partial charge in [-0.3, -0.25) is 9.59 Å². The molecule has 0 aliphatic heterocycles. The van der Waals surface area contributed by atoms with Crippen LogP contribution in [0.25, 0.3) is 0 Å². The maximum absolute atomic E-state index is 11.5. The Kier molecular flexibility index (Phi) is 7.85. The molecule has 0 heterocycles. The minimum Gasteiger partial charge on any atom is -0.359 e. The first kappa shape index (κ1) is 20.2. The van der Waals surface area contributed by atoms with Gasteiger partial charge in [0.15, 0.2) is 0 Å². The van der Waals surface area contributed by atoms with Gasteiger partial charge in [0, 0.05) is 24.4 Å². The van der Waals surface area contributed by atoms with Crippen LogP contribution in [0.5, 0.6) is 0 Å². The van der Waals surface area contributed by atoms with Crippen molar-refractivity contribution in [1.82, 2.24) is 10.6 Å². The molecule has 124 valence electrons. The first-order chi connectivity index (χ1) is 9.98. The molecule has 4 nitrogen and oxygen atoms in total. The summed E-state index contributed by atoms with van der Waals surface area (Å²) < 4.78 is 0. The van der Waals surface area contributed by atoms with Crippen molar-refractivity contribution in [1.29, 1.82) is 0 Å². The van der Waals surface area contributed by atoms with Gasteiger partial charge in [-0.05, 0) is 5.56 Å². The van der Waals surface area contributed by atoms with Crippen LogP contribution in [0.1, 0.15) is 47.1 Å². The highest BCUT2D eigenvalue weighted by Gasteiger charge is 2.20. The smallest absolute Gasteiger partial charge is 0.225 e. The molecule has 1 aromatic rings. The molecule has 0 unspecified atom stereocenters. The molecular weight excluding hydrogens is 276 g/mol. The third kappa shape index (κ3) is 8.45. The molecule has 0 spiro atoms. The first-order valence-electron chi connectivity index (χ1n) is 7.53. The van der Waals surface area contributed by atoms with E-state index in [1.807, 2.05) is 71.9 Å². The van der Waals surface area contributed by atoms with Gasteiger partial charge in [-0.1, -0.05) is 71.9 Å². The molecule has 22 heavy (non-hydrogen) atoms. The summed E-state index contributed by atoms with van der Waals surface area (Å²) in [6, 6.07) is 9.91. The van der Waals surface area contributed by atoms with Crippen molar-refractivity contribution in [2.45, 2.75) is 48.1 Å². The van der Waals surface area contributed by atoms with Crippen LogP contribution >= 0.6 is 0 Å². The quantitative estimate of drug-likeness (QED) is 0.882. The number of hydrogen-bond donors (Lipinski definition) is 2. The lowest BCUT2D eigenvalue weighted by molar-refractivity contribution is -0.129. The predicted molar refractivity (Wildman–Crippen MR) is 91.3 cm³/mol. The van der Waals surface area contributed by atoms with Crippen molar-refractivity contribution in [2.24, 2.45) is 10.8 Å². The second-order valence-corrected chi connectivity index (χ2v) is 7.25. The van der Waals surface area contributed by atoms with Crippen molar-refractivity contribution in [3.63, 3.8) is 0 Å². The number of rotatable bonds is 2. The summed E-state index contributed by atoms with van der Waals surface area (Å²) in [4.78, 5) is 22.2. The molecule has 0 saturated carbocycles. The number of nitrogens with one attached hydrogen (secondary N) is 2. The van der Waals surface area contributed by atoms with Gasteiger partial charge < -0.3 is 10.6 Å². The number of hydrogen-bond acceptors (Lipinski definition) is 2. The molecule has 1 rings (SSSR count). The van der Waals surface area contributed by atoms with Crippen molar-refractivity contribution in [2.75, 3.05) is 7.05 Å². The summed E-state index contributed by atoms with van der Waals surface area (Å²) in [6.45, 7) is 12.0. The van der Waals surface area contributed by atoms with Crippen molar-refractivity contribution in [3.8, 4) is 0 Å². The molecule has 0 bridgehead atoms. The van der Waals surface area contributed by atoms with E-state index in [2.05, 4.69) is 10.6 Å². The number of amides is 2. The van der Waals surface area contributed by atoms with Crippen molar-refractivity contribution < 1.29 is 9.59 Å². The fourth-order valence-corrected chi connectivity index (χ4v) is 1.42. The van der Waals surface area contributed by atoms with Crippen LogP contribution in [-0.4, -0.2) is 18.9 Å². The molecule has 1 aromatic carbocycles. The lowest BCUT2D eigenvalue weighted by atomic mass is 9.95. The zero-order valence-corrected chi connectivity index (χ0v) is 14.9. The van der Waals surface area contributed by atoms with Crippen LogP contribution in [0.15, 0.2) is 30.3 Å². The Hall–Kier alpha value is -1.84. The minimum atomic E-state index is -0.311. The summed E-state index contributed by atoms with van der Waals surface area (Å²) in [5, 5.41) is 5.47. The van der Waals surface area contributed by atoms with Gasteiger partial charge >= 0.3 is 0 Å². The van der Waals surface area contributed by atoms with E-state index in [9.17, 15) is 9.59 Å². The van der Waals surface area contributed by atoms with E-state index in [0.717, 1.165) is 5.56 Å². The lowest BCUT2D eigenvalue weighted by Gasteiger charge is -2.17. The second kappa shape index (κ2) is 8.57. The Labute approximate surface area is 134 Å². The molecular formula is C18H30N2O2. The Balaban J connectivity index is 0.000000472. The van der Waals surface area contributed by atoms with Gasteiger partial charge in [-0.25, -0.2) is 0 Å². The Bertz CT molecular complexity index is 468. The molecule has 4 heteroatoms. The van der Waals surface area contributed by atoms with Gasteiger partial charge in [-0.2, -0.15) is 0 Å². The minimum absolute atomic E-state index is 0.0810. The van der Waals surface area contributed by atoms with Crippen molar-refractivity contribution in [3.05, 3.63) is 35.9 Å². The van der Waals surface area contributed by atoms with E-state index >= 15 is 0 Å². The van der Waals surface area contributed by atoms with Gasteiger partial charge in [0.1, 0.15) is 0 Å². The fourth-order valence-electron chi connectivity index (χ4n) is 1.42. The summed E-state index contributed by atoms with van der Waals surface area (Å²) in [7, 11) is 1.65. The van der Waals surface area contributed by atoms with Gasteiger partial charge in [0.05, 0.1) is 0 Å². The monoisotopic (exact) mass is 306 g/mol. The van der Waals surface area contributed by atoms with Crippen LogP contribution in [0.4, 0.5) is 0 Å². The SMILES string of the molecule is CC(C)(C)C(=O)NCc1ccccc1.CNC(=O)C(C)(C)C. The summed E-state index contributed by atoms with van der Waals surface area (Å²) in [6.07, 6.45) is 0. The zero-order chi connectivity index (χ0) is 17.4. The molecule has 2 N–H and O–H groups in total. The highest BCUT2D eigenvalue weighted by molar-refractivity contribution is 5.81. The Morgan fingerprint density at radius 2 is 1.32 bits per heavy atom. The number of carbonyl (C=O) groups excluding carboxylic acids is 2. The average Bonchev–Trinajstić information content (AvgIpc) is 2.43. The third-order valence-corrected chi connectivity index (χ3v) is 2.89. The van der Waals surface area contributed by atoms with Crippen LogP contribution in [0, 0.1) is 10.8 Å². The van der Waals surface area contributed by atoms with Gasteiger partial charge in [0.2, 0.25) is 11.8 Å². The molecule has 0 radical (unpaired) electrons. The molecule has 0 saturated heterocycles. The normalized spacial score (nSPS) is 11.0. The summed E-state index contributed by atoms with van der Waals surface area (Å²) in [5.41, 5.74) is 0.578. The fraction of sp³-hybridized carbons (Fsp3) is 0.556. The van der Waals surface area contributed by atoms with Crippen molar-refractivity contribution >= 4 is 11.8 Å². The Morgan fingerprint density at radius 1 is 0.864 bits per heavy atom. The lowest BCUT2D eigenvalue weighted by Crippen LogP contribution is -2.34. The van der Waals surface area contributed by atoms with E-state index in [0.29, 0.717) is 6.54 Å². The standard InChI is InChI=1S/C12H17NO.C6H13NO/c1-12(2,3)11(14)13-9-10-7-5-4-6-8-10;1-6(2,3)5(8)7-4/h4-8H,9H2,1-3H3,(H,13,14);1-4H3,(H,7,8). The van der Waals surface area contributed by atoms with E-state index in [4.69, 9.17) is 0 Å². The van der Waals surface area contributed by atoms with Crippen LogP contribution in [0.2, 0.25) is 0 Å². The molecule has 0 aromatic heterocycles. The highest BCUT2D eigenvalue weighted by atomic mass is 16.2. The van der Waals surface area contributed by atoms with Crippen LogP contribution in [0.3, 0.4) is 0 Å². The largest absolute Gasteiger partial charge is 0.359 e. The molecule has 0 aliphatic carbocycles. The van der Waals surface area contributed by atoms with Crippen LogP contribution < -0.4 is 10.6 Å². The molecule has 0 atom stereocenters. The van der Waals surface area contributed by atoms with Crippen LogP contribution in [-0.2, 0) is 16.1 Å². The van der Waals surface area contributed by atoms with E-state index in [-0.39, 0.29) is 22.6 Å². The average molecular weight is 306 g/mol. The van der Waals surface area contributed by atoms with E-state index in [1.165, 1.54) is 0 Å². The van der Waals surface area contributed by atoms with Gasteiger partial charge in [-0.15, -0.1) is 0 Å². The summed E-state index contributed by atoms with van der Waals surface area (Å²) >= 11 is 0. The molecule has 2 amide bonds. The molecule has 0 aliphatic rings. The Morgan fingerprint density at radius 3 is 1.64 bits per heavy atom. The maximum Gasteiger partial charge on any atom is 0.225 e. The predicted octanol–water partition coefficient (Wildman–Crippen LogP) is 3.13.